The van der Waals surface area contributed by atoms with Gasteiger partial charge in [-0.2, -0.15) is 0 Å². The molecule has 0 amide bonds. The van der Waals surface area contributed by atoms with Crippen LogP contribution in [0.5, 0.6) is 5.75 Å². The molecule has 0 unspecified atom stereocenters. The van der Waals surface area contributed by atoms with Crippen molar-refractivity contribution < 1.29 is 5.11 Å². The summed E-state index contributed by atoms with van der Waals surface area (Å²) in [5.41, 5.74) is 1.70. The Morgan fingerprint density at radius 1 is 1.18 bits per heavy atom. The maximum absolute atomic E-state index is 8.94. The number of aryl methyl sites for hydroxylation is 1. The van der Waals surface area contributed by atoms with Gasteiger partial charge in [0, 0.05) is 0 Å². The number of benzene rings is 1. The van der Waals surface area contributed by atoms with Gasteiger partial charge in [-0.05, 0) is 41.9 Å². The standard InChI is InChI=1S/C8H10O.C8H18/c1-2-7-4-3-5-8(9)6-7;1-7(2)6-8(3,4)5/h3-6,9H,2H2,1H3;7H,6H2,1-5H3. The van der Waals surface area contributed by atoms with E-state index in [1.165, 1.54) is 12.0 Å². The Morgan fingerprint density at radius 3 is 2.00 bits per heavy atom. The highest BCUT2D eigenvalue weighted by Gasteiger charge is 2.11. The molecule has 1 aromatic rings. The summed E-state index contributed by atoms with van der Waals surface area (Å²) in [5, 5.41) is 8.94. The number of rotatable bonds is 2. The lowest BCUT2D eigenvalue weighted by Gasteiger charge is -2.19. The van der Waals surface area contributed by atoms with Crippen LogP contribution in [0.1, 0.15) is 53.5 Å². The minimum Gasteiger partial charge on any atom is -0.508 e. The van der Waals surface area contributed by atoms with E-state index in [0.717, 1.165) is 12.3 Å². The van der Waals surface area contributed by atoms with E-state index >= 15 is 0 Å². The van der Waals surface area contributed by atoms with Crippen molar-refractivity contribution in [1.82, 2.24) is 0 Å². The molecular formula is C16H28O. The van der Waals surface area contributed by atoms with Gasteiger partial charge in [-0.25, -0.2) is 0 Å². The van der Waals surface area contributed by atoms with Crippen LogP contribution in [0.2, 0.25) is 0 Å². The topological polar surface area (TPSA) is 20.2 Å². The Balaban J connectivity index is 0.000000304. The molecule has 0 aromatic heterocycles. The maximum atomic E-state index is 8.94. The molecule has 0 saturated carbocycles. The largest absolute Gasteiger partial charge is 0.508 e. The molecule has 0 spiro atoms. The molecule has 0 bridgehead atoms. The molecule has 98 valence electrons. The van der Waals surface area contributed by atoms with Crippen LogP contribution in [0.3, 0.4) is 0 Å². The van der Waals surface area contributed by atoms with Gasteiger partial charge in [0.05, 0.1) is 0 Å². The van der Waals surface area contributed by atoms with Crippen LogP contribution >= 0.6 is 0 Å². The second-order valence-corrected chi connectivity index (χ2v) is 6.18. The van der Waals surface area contributed by atoms with Crippen molar-refractivity contribution in [2.45, 2.75) is 54.4 Å². The predicted octanol–water partition coefficient (Wildman–Crippen LogP) is 5.03. The number of hydrogen-bond acceptors (Lipinski definition) is 1. The fourth-order valence-corrected chi connectivity index (χ4v) is 2.00. The summed E-state index contributed by atoms with van der Waals surface area (Å²) in [6, 6.07) is 7.31. The van der Waals surface area contributed by atoms with E-state index in [4.69, 9.17) is 5.11 Å². The van der Waals surface area contributed by atoms with Crippen LogP contribution in [-0.4, -0.2) is 5.11 Å². The molecule has 0 fully saturated rings. The Hall–Kier alpha value is -0.980. The first-order chi connectivity index (χ1) is 7.74. The van der Waals surface area contributed by atoms with Gasteiger partial charge in [-0.3, -0.25) is 0 Å². The molecule has 1 nitrogen and oxygen atoms in total. The normalized spacial score (nSPS) is 11.0. The van der Waals surface area contributed by atoms with Gasteiger partial charge in [0.2, 0.25) is 0 Å². The van der Waals surface area contributed by atoms with E-state index in [-0.39, 0.29) is 0 Å². The Morgan fingerprint density at radius 2 is 1.76 bits per heavy atom. The molecule has 0 saturated heterocycles. The molecule has 0 atom stereocenters. The SMILES string of the molecule is CC(C)CC(C)(C)C.CCc1cccc(O)c1. The van der Waals surface area contributed by atoms with Crippen molar-refractivity contribution in [2.24, 2.45) is 11.3 Å². The molecule has 1 aromatic carbocycles. The Bertz CT molecular complexity index is 308. The van der Waals surface area contributed by atoms with Crippen molar-refractivity contribution in [2.75, 3.05) is 0 Å². The predicted molar refractivity (Wildman–Crippen MR) is 76.4 cm³/mol. The highest BCUT2D eigenvalue weighted by molar-refractivity contribution is 5.26. The minimum absolute atomic E-state index is 0.356. The highest BCUT2D eigenvalue weighted by Crippen LogP contribution is 2.23. The van der Waals surface area contributed by atoms with E-state index in [9.17, 15) is 0 Å². The zero-order valence-electron chi connectivity index (χ0n) is 12.2. The fourth-order valence-electron chi connectivity index (χ4n) is 2.00. The van der Waals surface area contributed by atoms with Gasteiger partial charge in [0.25, 0.3) is 0 Å². The average Bonchev–Trinajstić information content (AvgIpc) is 2.14. The summed E-state index contributed by atoms with van der Waals surface area (Å²) >= 11 is 0. The van der Waals surface area contributed by atoms with Gasteiger partial charge < -0.3 is 5.11 Å². The highest BCUT2D eigenvalue weighted by atomic mass is 16.3. The molecule has 1 heteroatoms. The number of aromatic hydroxyl groups is 1. The fraction of sp³-hybridized carbons (Fsp3) is 0.625. The minimum atomic E-state index is 0.356. The van der Waals surface area contributed by atoms with E-state index in [2.05, 4.69) is 41.5 Å². The summed E-state index contributed by atoms with van der Waals surface area (Å²) in [6.07, 6.45) is 2.31. The molecule has 0 aliphatic rings. The van der Waals surface area contributed by atoms with E-state index < -0.39 is 0 Å². The molecule has 1 rings (SSSR count). The van der Waals surface area contributed by atoms with Crippen LogP contribution in [0, 0.1) is 11.3 Å². The Labute approximate surface area is 107 Å². The third-order valence-corrected chi connectivity index (χ3v) is 2.34. The van der Waals surface area contributed by atoms with Crippen LogP contribution in [-0.2, 0) is 6.42 Å². The van der Waals surface area contributed by atoms with Gasteiger partial charge in [0.15, 0.2) is 0 Å². The van der Waals surface area contributed by atoms with Crippen molar-refractivity contribution in [3.05, 3.63) is 29.8 Å². The summed E-state index contributed by atoms with van der Waals surface area (Å²) < 4.78 is 0. The van der Waals surface area contributed by atoms with Crippen LogP contribution < -0.4 is 0 Å². The van der Waals surface area contributed by atoms with Crippen molar-refractivity contribution in [3.63, 3.8) is 0 Å². The molecule has 17 heavy (non-hydrogen) atoms. The second kappa shape index (κ2) is 7.37. The quantitative estimate of drug-likeness (QED) is 0.763. The molecule has 0 radical (unpaired) electrons. The van der Waals surface area contributed by atoms with Crippen molar-refractivity contribution >= 4 is 0 Å². The van der Waals surface area contributed by atoms with Gasteiger partial charge in [0.1, 0.15) is 5.75 Å². The molecule has 0 heterocycles. The maximum Gasteiger partial charge on any atom is 0.115 e. The van der Waals surface area contributed by atoms with Crippen LogP contribution in [0.15, 0.2) is 24.3 Å². The van der Waals surface area contributed by atoms with Crippen LogP contribution in [0.4, 0.5) is 0 Å². The van der Waals surface area contributed by atoms with E-state index in [1.54, 1.807) is 12.1 Å². The first kappa shape index (κ1) is 16.0. The zero-order chi connectivity index (χ0) is 13.5. The third kappa shape index (κ3) is 9.92. The first-order valence-corrected chi connectivity index (χ1v) is 6.52. The average molecular weight is 236 g/mol. The van der Waals surface area contributed by atoms with Crippen molar-refractivity contribution in [1.29, 1.82) is 0 Å². The lowest BCUT2D eigenvalue weighted by atomic mass is 9.86. The summed E-state index contributed by atoms with van der Waals surface area (Å²) in [6.45, 7) is 13.5. The molecular weight excluding hydrogens is 208 g/mol. The lowest BCUT2D eigenvalue weighted by Crippen LogP contribution is -2.08. The summed E-state index contributed by atoms with van der Waals surface area (Å²) in [5.74, 6) is 1.20. The monoisotopic (exact) mass is 236 g/mol. The van der Waals surface area contributed by atoms with Gasteiger partial charge >= 0.3 is 0 Å². The van der Waals surface area contributed by atoms with Gasteiger partial charge in [-0.15, -0.1) is 0 Å². The second-order valence-electron chi connectivity index (χ2n) is 6.18. The number of phenols is 1. The number of hydrogen-bond donors (Lipinski definition) is 1. The Kier molecular flexibility index (Phi) is 6.94. The van der Waals surface area contributed by atoms with E-state index in [0.29, 0.717) is 11.2 Å². The summed E-state index contributed by atoms with van der Waals surface area (Å²) in [7, 11) is 0. The molecule has 0 aliphatic carbocycles. The smallest absolute Gasteiger partial charge is 0.115 e. The van der Waals surface area contributed by atoms with E-state index in [1.807, 2.05) is 12.1 Å². The first-order valence-electron chi connectivity index (χ1n) is 6.52. The molecule has 1 N–H and O–H groups in total. The molecule has 0 aliphatic heterocycles. The summed E-state index contributed by atoms with van der Waals surface area (Å²) in [4.78, 5) is 0. The zero-order valence-corrected chi connectivity index (χ0v) is 12.2. The van der Waals surface area contributed by atoms with Crippen LogP contribution in [0.25, 0.3) is 0 Å². The van der Waals surface area contributed by atoms with Gasteiger partial charge in [-0.1, -0.05) is 53.7 Å². The van der Waals surface area contributed by atoms with Crippen molar-refractivity contribution in [3.8, 4) is 5.75 Å². The lowest BCUT2D eigenvalue weighted by molar-refractivity contribution is 0.320. The third-order valence-electron chi connectivity index (χ3n) is 2.34. The number of phenolic OH excluding ortho intramolecular Hbond substituents is 1.